The summed E-state index contributed by atoms with van der Waals surface area (Å²) < 4.78 is 2.71. The Kier molecular flexibility index (Phi) is 3.27. The molecule has 1 atom stereocenters. The van der Waals surface area contributed by atoms with Crippen molar-refractivity contribution in [2.75, 3.05) is 0 Å². The first-order valence-electron chi connectivity index (χ1n) is 5.12. The molecule has 2 aromatic rings. The Morgan fingerprint density at radius 3 is 2.94 bits per heavy atom. The Balaban J connectivity index is 2.64. The van der Waals surface area contributed by atoms with Crippen LogP contribution < -0.4 is 5.73 Å². The van der Waals surface area contributed by atoms with Gasteiger partial charge in [-0.2, -0.15) is 5.26 Å². The van der Waals surface area contributed by atoms with E-state index in [1.54, 1.807) is 17.0 Å². The predicted octanol–water partition coefficient (Wildman–Crippen LogP) is 2.53. The molecule has 1 aromatic carbocycles. The average Bonchev–Trinajstić information content (AvgIpc) is 2.76. The van der Waals surface area contributed by atoms with Gasteiger partial charge in [-0.1, -0.05) is 15.9 Å². The van der Waals surface area contributed by atoms with E-state index >= 15 is 0 Å². The lowest BCUT2D eigenvalue weighted by Gasteiger charge is -2.14. The topological polar surface area (TPSA) is 67.6 Å². The molecule has 1 heterocycles. The standard InChI is InChI=1S/C12H11BrN4/c1-8(15)10-6-9(13)2-3-11(10)17-5-4-16-12(17)7-14/h2-6,8H,15H2,1H3. The molecule has 1 unspecified atom stereocenters. The molecule has 0 aliphatic heterocycles. The minimum atomic E-state index is -0.114. The largest absolute Gasteiger partial charge is 0.324 e. The quantitative estimate of drug-likeness (QED) is 0.924. The van der Waals surface area contributed by atoms with Crippen LogP contribution >= 0.6 is 15.9 Å². The van der Waals surface area contributed by atoms with Crippen LogP contribution in [0.2, 0.25) is 0 Å². The molecule has 0 saturated carbocycles. The molecule has 0 spiro atoms. The summed E-state index contributed by atoms with van der Waals surface area (Å²) in [5, 5.41) is 8.98. The molecule has 0 bridgehead atoms. The lowest BCUT2D eigenvalue weighted by Crippen LogP contribution is -2.10. The predicted molar refractivity (Wildman–Crippen MR) is 68.6 cm³/mol. The van der Waals surface area contributed by atoms with Crippen molar-refractivity contribution in [3.63, 3.8) is 0 Å². The summed E-state index contributed by atoms with van der Waals surface area (Å²) in [4.78, 5) is 3.98. The smallest absolute Gasteiger partial charge is 0.217 e. The molecule has 0 saturated heterocycles. The fourth-order valence-corrected chi connectivity index (χ4v) is 2.07. The average molecular weight is 291 g/mol. The minimum absolute atomic E-state index is 0.114. The van der Waals surface area contributed by atoms with Gasteiger partial charge in [0.15, 0.2) is 0 Å². The van der Waals surface area contributed by atoms with E-state index < -0.39 is 0 Å². The summed E-state index contributed by atoms with van der Waals surface area (Å²) in [6, 6.07) is 7.74. The number of halogens is 1. The maximum Gasteiger partial charge on any atom is 0.217 e. The number of imidazole rings is 1. The van der Waals surface area contributed by atoms with Gasteiger partial charge in [0, 0.05) is 22.9 Å². The van der Waals surface area contributed by atoms with Crippen molar-refractivity contribution in [3.05, 3.63) is 46.5 Å². The van der Waals surface area contributed by atoms with Crippen LogP contribution in [0.25, 0.3) is 5.69 Å². The molecule has 0 amide bonds. The summed E-state index contributed by atoms with van der Waals surface area (Å²) in [5.41, 5.74) is 7.80. The van der Waals surface area contributed by atoms with E-state index in [1.807, 2.05) is 25.1 Å². The minimum Gasteiger partial charge on any atom is -0.324 e. The monoisotopic (exact) mass is 290 g/mol. The van der Waals surface area contributed by atoms with Gasteiger partial charge in [-0.05, 0) is 30.7 Å². The fourth-order valence-electron chi connectivity index (χ4n) is 1.69. The van der Waals surface area contributed by atoms with E-state index in [-0.39, 0.29) is 6.04 Å². The second-order valence-corrected chi connectivity index (χ2v) is 4.64. The highest BCUT2D eigenvalue weighted by molar-refractivity contribution is 9.10. The van der Waals surface area contributed by atoms with Gasteiger partial charge < -0.3 is 5.73 Å². The van der Waals surface area contributed by atoms with Crippen molar-refractivity contribution < 1.29 is 0 Å². The first kappa shape index (κ1) is 11.8. The normalized spacial score (nSPS) is 12.1. The SMILES string of the molecule is CC(N)c1cc(Br)ccc1-n1ccnc1C#N. The van der Waals surface area contributed by atoms with Gasteiger partial charge >= 0.3 is 0 Å². The van der Waals surface area contributed by atoms with Crippen molar-refractivity contribution in [3.8, 4) is 11.8 Å². The van der Waals surface area contributed by atoms with Crippen molar-refractivity contribution in [1.29, 1.82) is 5.26 Å². The molecule has 2 N–H and O–H groups in total. The number of rotatable bonds is 2. The third kappa shape index (κ3) is 2.23. The van der Waals surface area contributed by atoms with Gasteiger partial charge in [-0.15, -0.1) is 0 Å². The second kappa shape index (κ2) is 4.70. The zero-order chi connectivity index (χ0) is 12.4. The Bertz CT molecular complexity index is 580. The van der Waals surface area contributed by atoms with E-state index in [9.17, 15) is 0 Å². The lowest BCUT2D eigenvalue weighted by molar-refractivity contribution is 0.801. The molecule has 2 rings (SSSR count). The van der Waals surface area contributed by atoms with E-state index in [0.717, 1.165) is 15.7 Å². The number of nitrogens with two attached hydrogens (primary N) is 1. The van der Waals surface area contributed by atoms with Gasteiger partial charge in [0.1, 0.15) is 6.07 Å². The van der Waals surface area contributed by atoms with Crippen LogP contribution in [0.4, 0.5) is 0 Å². The number of nitrogens with zero attached hydrogens (tertiary/aromatic N) is 3. The number of benzene rings is 1. The lowest BCUT2D eigenvalue weighted by atomic mass is 10.1. The van der Waals surface area contributed by atoms with E-state index in [4.69, 9.17) is 11.0 Å². The van der Waals surface area contributed by atoms with Crippen LogP contribution in [-0.2, 0) is 0 Å². The Morgan fingerprint density at radius 2 is 2.29 bits per heavy atom. The van der Waals surface area contributed by atoms with Gasteiger partial charge in [0.05, 0.1) is 5.69 Å². The maximum absolute atomic E-state index is 8.98. The zero-order valence-electron chi connectivity index (χ0n) is 9.26. The van der Waals surface area contributed by atoms with Gasteiger partial charge in [0.25, 0.3) is 0 Å². The third-order valence-corrected chi connectivity index (χ3v) is 2.97. The van der Waals surface area contributed by atoms with Crippen molar-refractivity contribution in [1.82, 2.24) is 9.55 Å². The van der Waals surface area contributed by atoms with E-state index in [0.29, 0.717) is 5.82 Å². The second-order valence-electron chi connectivity index (χ2n) is 3.72. The van der Waals surface area contributed by atoms with Crippen LogP contribution in [0.5, 0.6) is 0 Å². The molecule has 5 heteroatoms. The first-order valence-corrected chi connectivity index (χ1v) is 5.91. The molecular formula is C12H11BrN4. The number of aromatic nitrogens is 2. The van der Waals surface area contributed by atoms with Gasteiger partial charge in [0.2, 0.25) is 5.82 Å². The van der Waals surface area contributed by atoms with Crippen molar-refractivity contribution >= 4 is 15.9 Å². The van der Waals surface area contributed by atoms with Gasteiger partial charge in [-0.25, -0.2) is 4.98 Å². The Labute approximate surface area is 108 Å². The van der Waals surface area contributed by atoms with E-state index in [1.165, 1.54) is 0 Å². The molecule has 86 valence electrons. The summed E-state index contributed by atoms with van der Waals surface area (Å²) in [7, 11) is 0. The molecule has 17 heavy (non-hydrogen) atoms. The Hall–Kier alpha value is -1.64. The summed E-state index contributed by atoms with van der Waals surface area (Å²) >= 11 is 3.42. The van der Waals surface area contributed by atoms with Crippen LogP contribution in [-0.4, -0.2) is 9.55 Å². The number of nitriles is 1. The van der Waals surface area contributed by atoms with Crippen LogP contribution in [0, 0.1) is 11.3 Å². The molecule has 4 nitrogen and oxygen atoms in total. The van der Waals surface area contributed by atoms with E-state index in [2.05, 4.69) is 27.0 Å². The highest BCUT2D eigenvalue weighted by Crippen LogP contribution is 2.25. The zero-order valence-corrected chi connectivity index (χ0v) is 10.8. The summed E-state index contributed by atoms with van der Waals surface area (Å²) in [5.74, 6) is 0.356. The molecule has 0 fully saturated rings. The highest BCUT2D eigenvalue weighted by Gasteiger charge is 2.12. The molecule has 0 radical (unpaired) electrons. The number of hydrogen-bond acceptors (Lipinski definition) is 3. The van der Waals surface area contributed by atoms with Crippen LogP contribution in [0.1, 0.15) is 24.4 Å². The Morgan fingerprint density at radius 1 is 1.53 bits per heavy atom. The molecule has 1 aromatic heterocycles. The summed E-state index contributed by atoms with van der Waals surface area (Å²) in [6.45, 7) is 1.91. The molecule has 0 aliphatic carbocycles. The first-order chi connectivity index (χ1) is 8.13. The maximum atomic E-state index is 8.98. The van der Waals surface area contributed by atoms with Crippen molar-refractivity contribution in [2.45, 2.75) is 13.0 Å². The summed E-state index contributed by atoms with van der Waals surface area (Å²) in [6.07, 6.45) is 3.36. The van der Waals surface area contributed by atoms with Crippen LogP contribution in [0.15, 0.2) is 35.1 Å². The van der Waals surface area contributed by atoms with Crippen molar-refractivity contribution in [2.24, 2.45) is 5.73 Å². The highest BCUT2D eigenvalue weighted by atomic mass is 79.9. The molecular weight excluding hydrogens is 280 g/mol. The van der Waals surface area contributed by atoms with Crippen LogP contribution in [0.3, 0.4) is 0 Å². The van der Waals surface area contributed by atoms with Gasteiger partial charge in [-0.3, -0.25) is 4.57 Å². The number of hydrogen-bond donors (Lipinski definition) is 1. The third-order valence-electron chi connectivity index (χ3n) is 2.48. The molecule has 0 aliphatic rings. The fraction of sp³-hybridized carbons (Fsp3) is 0.167.